The Balaban J connectivity index is 0.00000141. The molecule has 6 nitrogen and oxygen atoms in total. The number of oxazole rings is 1. The fourth-order valence-electron chi connectivity index (χ4n) is 4.72. The normalized spacial score (nSPS) is 16.9. The number of aliphatic hydroxyl groups excluding tert-OH is 1. The maximum Gasteiger partial charge on any atom is 0.220 e. The standard InChI is InChI=1S/C25H22F2N4O2.C2H6/c1-2-25(21-12-15(8-10-28-21)20-13-29-22(14-32)33-20)9-4-5-16-11-19(30-31-24(16)25)23-17(26)6-3-7-18(23)27;1-2/h3,6-8,10-13,32H,2,4-5,9,14H2,1H3;1-2H3. The predicted molar refractivity (Wildman–Crippen MR) is 128 cm³/mol. The number of rotatable bonds is 5. The van der Waals surface area contributed by atoms with Gasteiger partial charge in [0.1, 0.15) is 18.2 Å². The van der Waals surface area contributed by atoms with Crippen molar-refractivity contribution in [1.29, 1.82) is 0 Å². The van der Waals surface area contributed by atoms with Crippen LogP contribution in [-0.4, -0.2) is 25.3 Å². The highest BCUT2D eigenvalue weighted by atomic mass is 19.1. The van der Waals surface area contributed by atoms with Crippen LogP contribution in [0.5, 0.6) is 0 Å². The van der Waals surface area contributed by atoms with Crippen LogP contribution in [0.4, 0.5) is 8.78 Å². The lowest BCUT2D eigenvalue weighted by atomic mass is 9.68. The van der Waals surface area contributed by atoms with E-state index in [0.29, 0.717) is 5.76 Å². The molecule has 3 heterocycles. The molecule has 8 heteroatoms. The number of halogens is 2. The van der Waals surface area contributed by atoms with Crippen LogP contribution in [0.3, 0.4) is 0 Å². The van der Waals surface area contributed by atoms with Crippen LogP contribution in [0.15, 0.2) is 53.2 Å². The van der Waals surface area contributed by atoms with E-state index in [9.17, 15) is 13.9 Å². The third-order valence-electron chi connectivity index (χ3n) is 6.42. The Labute approximate surface area is 203 Å². The zero-order valence-corrected chi connectivity index (χ0v) is 20.1. The molecule has 0 saturated carbocycles. The van der Waals surface area contributed by atoms with E-state index in [0.717, 1.165) is 48.2 Å². The maximum absolute atomic E-state index is 14.3. The fourth-order valence-corrected chi connectivity index (χ4v) is 4.72. The first kappa shape index (κ1) is 24.6. The third kappa shape index (κ3) is 4.46. The molecule has 0 spiro atoms. The van der Waals surface area contributed by atoms with Crippen molar-refractivity contribution in [2.75, 3.05) is 0 Å². The van der Waals surface area contributed by atoms with Gasteiger partial charge in [0.2, 0.25) is 5.89 Å². The average Bonchev–Trinajstić information content (AvgIpc) is 3.39. The van der Waals surface area contributed by atoms with Crippen molar-refractivity contribution in [3.05, 3.63) is 83.3 Å². The highest BCUT2D eigenvalue weighted by molar-refractivity contribution is 5.62. The molecule has 1 unspecified atom stereocenters. The summed E-state index contributed by atoms with van der Waals surface area (Å²) in [6, 6.07) is 9.30. The van der Waals surface area contributed by atoms with E-state index in [4.69, 9.17) is 4.42 Å². The van der Waals surface area contributed by atoms with E-state index in [2.05, 4.69) is 27.1 Å². The van der Waals surface area contributed by atoms with Crippen LogP contribution in [0.2, 0.25) is 0 Å². The zero-order chi connectivity index (χ0) is 25.0. The summed E-state index contributed by atoms with van der Waals surface area (Å²) in [6.45, 7) is 5.80. The molecule has 4 aromatic rings. The number of hydrogen-bond donors (Lipinski definition) is 1. The van der Waals surface area contributed by atoms with Crippen LogP contribution >= 0.6 is 0 Å². The van der Waals surface area contributed by atoms with Gasteiger partial charge in [0, 0.05) is 11.8 Å². The number of hydrogen-bond acceptors (Lipinski definition) is 6. The summed E-state index contributed by atoms with van der Waals surface area (Å²) >= 11 is 0. The molecule has 35 heavy (non-hydrogen) atoms. The topological polar surface area (TPSA) is 84.9 Å². The molecule has 5 rings (SSSR count). The van der Waals surface area contributed by atoms with Gasteiger partial charge in [-0.05, 0) is 61.6 Å². The Kier molecular flexibility index (Phi) is 7.31. The van der Waals surface area contributed by atoms with Gasteiger partial charge in [-0.15, -0.1) is 5.10 Å². The van der Waals surface area contributed by atoms with Gasteiger partial charge in [0.15, 0.2) is 5.76 Å². The number of fused-ring (bicyclic) bond motifs is 1. The Morgan fingerprint density at radius 1 is 1.06 bits per heavy atom. The molecule has 1 aliphatic carbocycles. The molecule has 1 N–H and O–H groups in total. The predicted octanol–water partition coefficient (Wildman–Crippen LogP) is 6.02. The highest BCUT2D eigenvalue weighted by Crippen LogP contribution is 2.44. The van der Waals surface area contributed by atoms with Crippen LogP contribution in [-0.2, 0) is 18.4 Å². The van der Waals surface area contributed by atoms with Gasteiger partial charge in [0.25, 0.3) is 0 Å². The summed E-state index contributed by atoms with van der Waals surface area (Å²) < 4.78 is 34.3. The first-order valence-electron chi connectivity index (χ1n) is 11.9. The zero-order valence-electron chi connectivity index (χ0n) is 20.1. The second-order valence-electron chi connectivity index (χ2n) is 8.20. The smallest absolute Gasteiger partial charge is 0.220 e. The van der Waals surface area contributed by atoms with Crippen molar-refractivity contribution >= 4 is 0 Å². The lowest BCUT2D eigenvalue weighted by molar-refractivity contribution is 0.241. The summed E-state index contributed by atoms with van der Waals surface area (Å²) in [7, 11) is 0. The highest BCUT2D eigenvalue weighted by Gasteiger charge is 2.40. The SMILES string of the molecule is CC.CCC1(c2cc(-c3cnc(CO)o3)ccn2)CCCc2cc(-c3c(F)cccc3F)nnc21. The first-order chi connectivity index (χ1) is 17.1. The number of benzene rings is 1. The quantitative estimate of drug-likeness (QED) is 0.377. The van der Waals surface area contributed by atoms with Crippen molar-refractivity contribution in [3.63, 3.8) is 0 Å². The number of aliphatic hydroxyl groups is 1. The number of aromatic nitrogens is 4. The second-order valence-corrected chi connectivity index (χ2v) is 8.20. The van der Waals surface area contributed by atoms with Crippen LogP contribution < -0.4 is 0 Å². The summed E-state index contributed by atoms with van der Waals surface area (Å²) in [5, 5.41) is 18.0. The molecular weight excluding hydrogens is 450 g/mol. The van der Waals surface area contributed by atoms with Crippen molar-refractivity contribution in [1.82, 2.24) is 20.2 Å². The van der Waals surface area contributed by atoms with Crippen LogP contribution in [0, 0.1) is 11.6 Å². The van der Waals surface area contributed by atoms with E-state index in [-0.39, 0.29) is 23.8 Å². The number of pyridine rings is 1. The van der Waals surface area contributed by atoms with Gasteiger partial charge in [-0.25, -0.2) is 13.8 Å². The van der Waals surface area contributed by atoms with E-state index < -0.39 is 17.0 Å². The minimum Gasteiger partial charge on any atom is -0.438 e. The van der Waals surface area contributed by atoms with Crippen LogP contribution in [0.25, 0.3) is 22.6 Å². The molecule has 0 bridgehead atoms. The van der Waals surface area contributed by atoms with Gasteiger partial charge in [-0.1, -0.05) is 26.8 Å². The Morgan fingerprint density at radius 2 is 1.83 bits per heavy atom. The van der Waals surface area contributed by atoms with Gasteiger partial charge in [-0.2, -0.15) is 5.10 Å². The molecule has 0 amide bonds. The minimum absolute atomic E-state index is 0.161. The van der Waals surface area contributed by atoms with Crippen molar-refractivity contribution < 1.29 is 18.3 Å². The fraction of sp³-hybridized carbons (Fsp3) is 0.333. The monoisotopic (exact) mass is 478 g/mol. The van der Waals surface area contributed by atoms with E-state index in [1.807, 2.05) is 26.0 Å². The van der Waals surface area contributed by atoms with Gasteiger partial charge >= 0.3 is 0 Å². The Bertz CT molecular complexity index is 1300. The molecule has 182 valence electrons. The van der Waals surface area contributed by atoms with Crippen LogP contribution in [0.1, 0.15) is 62.9 Å². The molecule has 0 fully saturated rings. The molecule has 0 aliphatic heterocycles. The summed E-state index contributed by atoms with van der Waals surface area (Å²) in [5.74, 6) is -0.534. The summed E-state index contributed by atoms with van der Waals surface area (Å²) in [4.78, 5) is 8.73. The molecule has 3 aromatic heterocycles. The molecular formula is C27H28F2N4O2. The maximum atomic E-state index is 14.3. The molecule has 0 saturated heterocycles. The van der Waals surface area contributed by atoms with E-state index in [1.54, 1.807) is 18.5 Å². The minimum atomic E-state index is -0.662. The largest absolute Gasteiger partial charge is 0.438 e. The number of nitrogens with zero attached hydrogens (tertiary/aromatic N) is 4. The number of aryl methyl sites for hydroxylation is 1. The van der Waals surface area contributed by atoms with Crippen molar-refractivity contribution in [2.45, 2.75) is 58.5 Å². The van der Waals surface area contributed by atoms with E-state index in [1.165, 1.54) is 18.2 Å². The van der Waals surface area contributed by atoms with Crippen molar-refractivity contribution in [3.8, 4) is 22.6 Å². The van der Waals surface area contributed by atoms with Gasteiger partial charge in [-0.3, -0.25) is 4.98 Å². The van der Waals surface area contributed by atoms with E-state index >= 15 is 0 Å². The average molecular weight is 479 g/mol. The Morgan fingerprint density at radius 3 is 2.51 bits per heavy atom. The summed E-state index contributed by atoms with van der Waals surface area (Å²) in [5.41, 5.74) is 2.87. The lowest BCUT2D eigenvalue weighted by Gasteiger charge is -2.36. The molecule has 1 atom stereocenters. The Hall–Kier alpha value is -3.52. The molecule has 1 aromatic carbocycles. The summed E-state index contributed by atoms with van der Waals surface area (Å²) in [6.07, 6.45) is 6.48. The molecule has 1 aliphatic rings. The van der Waals surface area contributed by atoms with Gasteiger partial charge < -0.3 is 9.52 Å². The lowest BCUT2D eigenvalue weighted by Crippen LogP contribution is -2.34. The first-order valence-corrected chi connectivity index (χ1v) is 11.9. The van der Waals surface area contributed by atoms with Gasteiger partial charge in [0.05, 0.1) is 34.3 Å². The third-order valence-corrected chi connectivity index (χ3v) is 6.42. The van der Waals surface area contributed by atoms with Crippen molar-refractivity contribution in [2.24, 2.45) is 0 Å². The molecule has 0 radical (unpaired) electrons. The second kappa shape index (κ2) is 10.4.